The van der Waals surface area contributed by atoms with Crippen LogP contribution in [0.5, 0.6) is 0 Å². The second kappa shape index (κ2) is 8.21. The van der Waals surface area contributed by atoms with E-state index in [1.54, 1.807) is 0 Å². The number of alkyl halides is 3. The van der Waals surface area contributed by atoms with Crippen molar-refractivity contribution in [2.75, 3.05) is 11.9 Å². The first kappa shape index (κ1) is 24.1. The van der Waals surface area contributed by atoms with Crippen LogP contribution >= 0.6 is 0 Å². The Kier molecular flexibility index (Phi) is 5.65. The third kappa shape index (κ3) is 4.64. The molecule has 190 valence electrons. The molecule has 1 saturated carbocycles. The Morgan fingerprint density at radius 1 is 1.14 bits per heavy atom. The number of aromatic amines is 1. The summed E-state index contributed by atoms with van der Waals surface area (Å²) in [6.45, 7) is 8.98. The number of hydrogen-bond donors (Lipinski definition) is 3. The van der Waals surface area contributed by atoms with Crippen molar-refractivity contribution in [3.63, 3.8) is 0 Å². The zero-order chi connectivity index (χ0) is 25.2. The SMILES string of the molecule is CC1(C)CCC(Nc2ncc(C(F)(F)F)c(-c3c[nH]c4c3CCC(C)(C)N(C3CC3)C4=O)n2)CN1. The van der Waals surface area contributed by atoms with Crippen LogP contribution in [0.3, 0.4) is 0 Å². The highest BCUT2D eigenvalue weighted by Gasteiger charge is 2.45. The Labute approximate surface area is 203 Å². The van der Waals surface area contributed by atoms with Crippen LogP contribution in [-0.4, -0.2) is 55.5 Å². The molecule has 0 radical (unpaired) electrons. The minimum Gasteiger partial charge on any atom is -0.356 e. The smallest absolute Gasteiger partial charge is 0.356 e. The molecular weight excluding hydrogens is 457 g/mol. The summed E-state index contributed by atoms with van der Waals surface area (Å²) in [6, 6.07) is 0.218. The molecule has 5 rings (SSSR count). The van der Waals surface area contributed by atoms with Crippen molar-refractivity contribution in [3.8, 4) is 11.3 Å². The standard InChI is InChI=1S/C25H33F3N6O/c1-23(2)9-7-14(11-31-23)32-22-30-13-18(25(26,27)28)19(33-22)17-12-29-20-16(17)8-10-24(3,4)34(21(20)35)15-5-6-15/h12-15,29,31H,5-11H2,1-4H3,(H,30,32,33). The van der Waals surface area contributed by atoms with Gasteiger partial charge in [-0.2, -0.15) is 13.2 Å². The molecule has 3 aliphatic rings. The van der Waals surface area contributed by atoms with Gasteiger partial charge in [0.1, 0.15) is 11.3 Å². The second-order valence-corrected chi connectivity index (χ2v) is 11.4. The summed E-state index contributed by atoms with van der Waals surface area (Å²) < 4.78 is 42.0. The summed E-state index contributed by atoms with van der Waals surface area (Å²) in [5.74, 6) is 0.0162. The van der Waals surface area contributed by atoms with Gasteiger partial charge < -0.3 is 20.5 Å². The minimum atomic E-state index is -4.62. The van der Waals surface area contributed by atoms with E-state index >= 15 is 0 Å². The van der Waals surface area contributed by atoms with Crippen molar-refractivity contribution < 1.29 is 18.0 Å². The highest BCUT2D eigenvalue weighted by atomic mass is 19.4. The lowest BCUT2D eigenvalue weighted by Gasteiger charge is -2.37. The maximum absolute atomic E-state index is 14.0. The van der Waals surface area contributed by atoms with E-state index in [2.05, 4.69) is 39.4 Å². The molecule has 4 heterocycles. The monoisotopic (exact) mass is 490 g/mol. The van der Waals surface area contributed by atoms with E-state index in [1.165, 1.54) is 6.20 Å². The Balaban J connectivity index is 1.51. The fourth-order valence-electron chi connectivity index (χ4n) is 5.35. The first-order chi connectivity index (χ1) is 16.4. The summed E-state index contributed by atoms with van der Waals surface area (Å²) in [5, 5.41) is 6.65. The molecule has 10 heteroatoms. The lowest BCUT2D eigenvalue weighted by atomic mass is 9.91. The molecule has 1 amide bonds. The van der Waals surface area contributed by atoms with E-state index in [-0.39, 0.29) is 40.7 Å². The van der Waals surface area contributed by atoms with Gasteiger partial charge in [-0.05, 0) is 71.8 Å². The van der Waals surface area contributed by atoms with Crippen molar-refractivity contribution in [1.82, 2.24) is 25.2 Å². The van der Waals surface area contributed by atoms with Crippen molar-refractivity contribution >= 4 is 11.9 Å². The van der Waals surface area contributed by atoms with Gasteiger partial charge in [-0.1, -0.05) is 0 Å². The number of amides is 1. The number of nitrogens with one attached hydrogen (secondary N) is 3. The number of piperidine rings is 1. The number of anilines is 1. The topological polar surface area (TPSA) is 85.9 Å². The third-order valence-corrected chi connectivity index (χ3v) is 7.60. The van der Waals surface area contributed by atoms with Crippen LogP contribution in [0.1, 0.15) is 81.4 Å². The van der Waals surface area contributed by atoms with Gasteiger partial charge in [0.25, 0.3) is 5.91 Å². The number of halogens is 3. The predicted octanol–water partition coefficient (Wildman–Crippen LogP) is 4.76. The molecule has 1 saturated heterocycles. The number of hydrogen-bond acceptors (Lipinski definition) is 5. The molecule has 2 aromatic rings. The summed E-state index contributed by atoms with van der Waals surface area (Å²) in [5.41, 5.74) is -0.142. The average Bonchev–Trinajstić information content (AvgIpc) is 3.50. The number of carbonyl (C=O) groups is 1. The number of carbonyl (C=O) groups excluding carboxylic acids is 1. The quantitative estimate of drug-likeness (QED) is 0.575. The summed E-state index contributed by atoms with van der Waals surface area (Å²) in [6.07, 6.45) is 2.59. The van der Waals surface area contributed by atoms with E-state index in [1.807, 2.05) is 18.7 Å². The maximum Gasteiger partial charge on any atom is 0.419 e. The molecule has 1 unspecified atom stereocenters. The van der Waals surface area contributed by atoms with Crippen LogP contribution in [0.4, 0.5) is 19.1 Å². The molecule has 0 aromatic carbocycles. The molecule has 2 fully saturated rings. The molecule has 0 spiro atoms. The van der Waals surface area contributed by atoms with E-state index in [4.69, 9.17) is 0 Å². The summed E-state index contributed by atoms with van der Waals surface area (Å²) in [4.78, 5) is 26.7. The van der Waals surface area contributed by atoms with Crippen LogP contribution in [0.2, 0.25) is 0 Å². The number of aromatic nitrogens is 3. The van der Waals surface area contributed by atoms with Crippen molar-refractivity contribution in [3.05, 3.63) is 29.2 Å². The average molecular weight is 491 g/mol. The Morgan fingerprint density at radius 3 is 2.51 bits per heavy atom. The molecule has 2 aromatic heterocycles. The van der Waals surface area contributed by atoms with Gasteiger partial charge in [-0.3, -0.25) is 4.79 Å². The molecule has 1 atom stereocenters. The molecule has 35 heavy (non-hydrogen) atoms. The molecule has 1 aliphatic carbocycles. The molecular formula is C25H33F3N6O. The molecule has 7 nitrogen and oxygen atoms in total. The summed E-state index contributed by atoms with van der Waals surface area (Å²) >= 11 is 0. The third-order valence-electron chi connectivity index (χ3n) is 7.60. The van der Waals surface area contributed by atoms with Crippen LogP contribution in [0.25, 0.3) is 11.3 Å². The van der Waals surface area contributed by atoms with Crippen LogP contribution < -0.4 is 10.6 Å². The van der Waals surface area contributed by atoms with E-state index in [0.717, 1.165) is 31.9 Å². The van der Waals surface area contributed by atoms with Crippen molar-refractivity contribution in [2.24, 2.45) is 0 Å². The second-order valence-electron chi connectivity index (χ2n) is 11.4. The van der Waals surface area contributed by atoms with E-state index < -0.39 is 11.7 Å². The molecule has 3 N–H and O–H groups in total. The van der Waals surface area contributed by atoms with Gasteiger partial charge >= 0.3 is 6.18 Å². The van der Waals surface area contributed by atoms with E-state index in [9.17, 15) is 18.0 Å². The Morgan fingerprint density at radius 2 is 1.89 bits per heavy atom. The minimum absolute atomic E-state index is 0.0189. The van der Waals surface area contributed by atoms with Crippen LogP contribution in [-0.2, 0) is 12.6 Å². The number of nitrogens with zero attached hydrogens (tertiary/aromatic N) is 3. The lowest BCUT2D eigenvalue weighted by Crippen LogP contribution is -2.50. The largest absolute Gasteiger partial charge is 0.419 e. The predicted molar refractivity (Wildman–Crippen MR) is 127 cm³/mol. The Hall–Kier alpha value is -2.62. The van der Waals surface area contributed by atoms with E-state index in [0.29, 0.717) is 36.2 Å². The van der Waals surface area contributed by atoms with Crippen molar-refractivity contribution in [1.29, 1.82) is 0 Å². The van der Waals surface area contributed by atoms with Crippen molar-refractivity contribution in [2.45, 2.75) is 95.6 Å². The zero-order valence-corrected chi connectivity index (χ0v) is 20.6. The van der Waals surface area contributed by atoms with Crippen LogP contribution in [0, 0.1) is 0 Å². The first-order valence-electron chi connectivity index (χ1n) is 12.4. The van der Waals surface area contributed by atoms with Gasteiger partial charge in [0.2, 0.25) is 5.95 Å². The van der Waals surface area contributed by atoms with Gasteiger partial charge in [-0.25, -0.2) is 9.97 Å². The lowest BCUT2D eigenvalue weighted by molar-refractivity contribution is -0.137. The van der Waals surface area contributed by atoms with Gasteiger partial charge in [0.05, 0.1) is 5.69 Å². The van der Waals surface area contributed by atoms with Crippen LogP contribution in [0.15, 0.2) is 12.4 Å². The fraction of sp³-hybridized carbons (Fsp3) is 0.640. The van der Waals surface area contributed by atoms with Gasteiger partial charge in [0, 0.05) is 47.7 Å². The molecule has 2 aliphatic heterocycles. The first-order valence-corrected chi connectivity index (χ1v) is 12.4. The zero-order valence-electron chi connectivity index (χ0n) is 20.6. The van der Waals surface area contributed by atoms with Gasteiger partial charge in [-0.15, -0.1) is 0 Å². The normalized spacial score (nSPS) is 24.1. The Bertz CT molecular complexity index is 1120. The molecule has 0 bridgehead atoms. The summed E-state index contributed by atoms with van der Waals surface area (Å²) in [7, 11) is 0. The number of fused-ring (bicyclic) bond motifs is 1. The van der Waals surface area contributed by atoms with Gasteiger partial charge in [0.15, 0.2) is 0 Å². The fourth-order valence-corrected chi connectivity index (χ4v) is 5.35. The maximum atomic E-state index is 14.0. The number of rotatable bonds is 4. The highest BCUT2D eigenvalue weighted by molar-refractivity contribution is 5.97. The highest BCUT2D eigenvalue weighted by Crippen LogP contribution is 2.43. The number of H-pyrrole nitrogens is 1.